The van der Waals surface area contributed by atoms with E-state index in [1.54, 1.807) is 29.4 Å². The molecule has 0 bridgehead atoms. The van der Waals surface area contributed by atoms with Gasteiger partial charge in [-0.1, -0.05) is 0 Å². The lowest BCUT2D eigenvalue weighted by Crippen LogP contribution is -2.48. The highest BCUT2D eigenvalue weighted by atomic mass is 16.2. The summed E-state index contributed by atoms with van der Waals surface area (Å²) in [5, 5.41) is 3.07. The van der Waals surface area contributed by atoms with Crippen molar-refractivity contribution >= 4 is 17.7 Å². The molecule has 3 amide bonds. The summed E-state index contributed by atoms with van der Waals surface area (Å²) in [5.74, 6) is -0.245. The first kappa shape index (κ1) is 18.4. The van der Waals surface area contributed by atoms with E-state index in [0.717, 1.165) is 12.8 Å². The molecule has 7 nitrogen and oxygen atoms in total. The van der Waals surface area contributed by atoms with E-state index in [0.29, 0.717) is 31.6 Å². The minimum atomic E-state index is -0.263. The molecule has 2 saturated heterocycles. The van der Waals surface area contributed by atoms with Crippen LogP contribution in [-0.2, 0) is 9.59 Å². The van der Waals surface area contributed by atoms with Crippen molar-refractivity contribution in [3.63, 3.8) is 0 Å². The minimum Gasteiger partial charge on any atom is -0.353 e. The Kier molecular flexibility index (Phi) is 5.54. The Morgan fingerprint density at radius 2 is 1.85 bits per heavy atom. The quantitative estimate of drug-likeness (QED) is 0.872. The van der Waals surface area contributed by atoms with Gasteiger partial charge in [-0.05, 0) is 38.8 Å². The lowest BCUT2D eigenvalue weighted by Gasteiger charge is -2.33. The second kappa shape index (κ2) is 7.85. The molecule has 7 heteroatoms. The summed E-state index contributed by atoms with van der Waals surface area (Å²) in [6.45, 7) is 5.67. The zero-order chi connectivity index (χ0) is 18.7. The number of hydrogen-bond acceptors (Lipinski definition) is 4. The molecule has 0 aromatic carbocycles. The summed E-state index contributed by atoms with van der Waals surface area (Å²) in [6.07, 6.45) is 4.99. The van der Waals surface area contributed by atoms with Crippen molar-refractivity contribution in [2.75, 3.05) is 19.6 Å². The van der Waals surface area contributed by atoms with E-state index < -0.39 is 0 Å². The minimum absolute atomic E-state index is 0.00569. The van der Waals surface area contributed by atoms with Gasteiger partial charge in [-0.2, -0.15) is 0 Å². The van der Waals surface area contributed by atoms with Gasteiger partial charge in [0, 0.05) is 56.1 Å². The zero-order valence-corrected chi connectivity index (χ0v) is 15.4. The first-order valence-corrected chi connectivity index (χ1v) is 9.25. The highest BCUT2D eigenvalue weighted by molar-refractivity contribution is 5.94. The molecule has 2 aliphatic rings. The van der Waals surface area contributed by atoms with Crippen molar-refractivity contribution in [2.45, 2.75) is 45.2 Å². The number of likely N-dealkylation sites (tertiary alicyclic amines) is 2. The van der Waals surface area contributed by atoms with Gasteiger partial charge >= 0.3 is 0 Å². The first-order valence-electron chi connectivity index (χ1n) is 9.25. The van der Waals surface area contributed by atoms with Gasteiger partial charge in [0.25, 0.3) is 5.91 Å². The number of carbonyl (C=O) groups is 3. The number of carbonyl (C=O) groups excluding carboxylic acids is 3. The average Bonchev–Trinajstić information content (AvgIpc) is 3.05. The van der Waals surface area contributed by atoms with Crippen LogP contribution in [0.4, 0.5) is 0 Å². The summed E-state index contributed by atoms with van der Waals surface area (Å²) in [4.78, 5) is 44.4. The lowest BCUT2D eigenvalue weighted by molar-refractivity contribution is -0.130. The summed E-state index contributed by atoms with van der Waals surface area (Å²) in [5.41, 5.74) is 0.640. The Hall–Kier alpha value is -2.44. The molecule has 1 N–H and O–H groups in total. The van der Waals surface area contributed by atoms with Gasteiger partial charge in [0.05, 0.1) is 5.92 Å². The second-order valence-corrected chi connectivity index (χ2v) is 7.35. The summed E-state index contributed by atoms with van der Waals surface area (Å²) in [6, 6.07) is 3.62. The van der Waals surface area contributed by atoms with Gasteiger partial charge in [0.15, 0.2) is 0 Å². The number of pyridine rings is 1. The first-order chi connectivity index (χ1) is 12.5. The number of piperidine rings is 1. The van der Waals surface area contributed by atoms with Crippen molar-refractivity contribution in [2.24, 2.45) is 5.92 Å². The van der Waals surface area contributed by atoms with Crippen LogP contribution in [0.25, 0.3) is 0 Å². The van der Waals surface area contributed by atoms with Gasteiger partial charge < -0.3 is 15.1 Å². The fourth-order valence-electron chi connectivity index (χ4n) is 3.63. The van der Waals surface area contributed by atoms with E-state index in [2.05, 4.69) is 10.3 Å². The Balaban J connectivity index is 1.48. The topological polar surface area (TPSA) is 82.6 Å². The zero-order valence-electron chi connectivity index (χ0n) is 15.4. The number of aromatic nitrogens is 1. The van der Waals surface area contributed by atoms with Gasteiger partial charge in [0.2, 0.25) is 11.8 Å². The van der Waals surface area contributed by atoms with Gasteiger partial charge in [-0.3, -0.25) is 19.4 Å². The predicted octanol–water partition coefficient (Wildman–Crippen LogP) is 1.06. The fraction of sp³-hybridized carbons (Fsp3) is 0.579. The lowest BCUT2D eigenvalue weighted by atomic mass is 10.0. The molecule has 2 aliphatic heterocycles. The maximum atomic E-state index is 12.5. The number of hydrogen-bond donors (Lipinski definition) is 1. The van der Waals surface area contributed by atoms with Crippen LogP contribution in [0, 0.1) is 5.92 Å². The van der Waals surface area contributed by atoms with Crippen LogP contribution in [0.15, 0.2) is 24.5 Å². The molecule has 0 aliphatic carbocycles. The van der Waals surface area contributed by atoms with Gasteiger partial charge in [0.1, 0.15) is 0 Å². The van der Waals surface area contributed by atoms with Crippen LogP contribution < -0.4 is 5.32 Å². The summed E-state index contributed by atoms with van der Waals surface area (Å²) >= 11 is 0. The molecule has 140 valence electrons. The molecule has 0 unspecified atom stereocenters. The second-order valence-electron chi connectivity index (χ2n) is 7.35. The van der Waals surface area contributed by atoms with Crippen molar-refractivity contribution in [1.82, 2.24) is 20.1 Å². The molecule has 0 radical (unpaired) electrons. The molecule has 1 atom stereocenters. The van der Waals surface area contributed by atoms with Crippen LogP contribution >= 0.6 is 0 Å². The molecule has 2 fully saturated rings. The maximum absolute atomic E-state index is 12.5. The highest BCUT2D eigenvalue weighted by Crippen LogP contribution is 2.21. The van der Waals surface area contributed by atoms with Crippen molar-refractivity contribution in [1.29, 1.82) is 0 Å². The highest BCUT2D eigenvalue weighted by Gasteiger charge is 2.36. The van der Waals surface area contributed by atoms with Crippen molar-refractivity contribution in [3.05, 3.63) is 30.1 Å². The SMILES string of the molecule is CC(C)N1C[C@@H](C(=O)NC2CCN(C(=O)c3ccncc3)CC2)CC1=O. The van der Waals surface area contributed by atoms with Gasteiger partial charge in [-0.15, -0.1) is 0 Å². The van der Waals surface area contributed by atoms with Crippen molar-refractivity contribution < 1.29 is 14.4 Å². The molecule has 0 saturated carbocycles. The van der Waals surface area contributed by atoms with E-state index in [-0.39, 0.29) is 35.7 Å². The Morgan fingerprint density at radius 3 is 2.42 bits per heavy atom. The normalized spacial score (nSPS) is 21.3. The number of amides is 3. The monoisotopic (exact) mass is 358 g/mol. The maximum Gasteiger partial charge on any atom is 0.253 e. The van der Waals surface area contributed by atoms with Crippen molar-refractivity contribution in [3.8, 4) is 0 Å². The van der Waals surface area contributed by atoms with Crippen LogP contribution in [0.3, 0.4) is 0 Å². The molecule has 1 aromatic heterocycles. The molecular formula is C19H26N4O3. The van der Waals surface area contributed by atoms with E-state index in [1.807, 2.05) is 18.7 Å². The number of nitrogens with zero attached hydrogens (tertiary/aromatic N) is 3. The molecule has 0 spiro atoms. The van der Waals surface area contributed by atoms with E-state index in [1.165, 1.54) is 0 Å². The molecule has 3 rings (SSSR count). The smallest absolute Gasteiger partial charge is 0.253 e. The number of nitrogens with one attached hydrogen (secondary N) is 1. The Morgan fingerprint density at radius 1 is 1.19 bits per heavy atom. The van der Waals surface area contributed by atoms with E-state index >= 15 is 0 Å². The molecule has 3 heterocycles. The Labute approximate surface area is 153 Å². The predicted molar refractivity (Wildman–Crippen MR) is 96.3 cm³/mol. The summed E-state index contributed by atoms with van der Waals surface area (Å²) < 4.78 is 0. The molecule has 26 heavy (non-hydrogen) atoms. The summed E-state index contributed by atoms with van der Waals surface area (Å²) in [7, 11) is 0. The molecular weight excluding hydrogens is 332 g/mol. The van der Waals surface area contributed by atoms with Crippen LogP contribution in [-0.4, -0.2) is 64.2 Å². The molecule has 1 aromatic rings. The fourth-order valence-corrected chi connectivity index (χ4v) is 3.63. The van der Waals surface area contributed by atoms with Crippen LogP contribution in [0.1, 0.15) is 43.5 Å². The Bertz CT molecular complexity index is 669. The van der Waals surface area contributed by atoms with E-state index in [9.17, 15) is 14.4 Å². The average molecular weight is 358 g/mol. The van der Waals surface area contributed by atoms with Crippen LogP contribution in [0.2, 0.25) is 0 Å². The third kappa shape index (κ3) is 4.03. The third-order valence-corrected chi connectivity index (χ3v) is 5.21. The number of rotatable bonds is 4. The third-order valence-electron chi connectivity index (χ3n) is 5.21. The standard InChI is InChI=1S/C19H26N4O3/c1-13(2)23-12-15(11-17(23)24)18(25)21-16-5-9-22(10-6-16)19(26)14-3-7-20-8-4-14/h3-4,7-8,13,15-16H,5-6,9-12H2,1-2H3,(H,21,25)/t15-/m0/s1. The van der Waals surface area contributed by atoms with Crippen LogP contribution in [0.5, 0.6) is 0 Å². The van der Waals surface area contributed by atoms with E-state index in [4.69, 9.17) is 0 Å². The van der Waals surface area contributed by atoms with Gasteiger partial charge in [-0.25, -0.2) is 0 Å². The largest absolute Gasteiger partial charge is 0.353 e.